The van der Waals surface area contributed by atoms with Gasteiger partial charge in [-0.25, -0.2) is 0 Å². The Hall–Kier alpha value is -1.10. The lowest BCUT2D eigenvalue weighted by Crippen LogP contribution is -2.57. The first-order chi connectivity index (χ1) is 12.3. The minimum absolute atomic E-state index is 0.255. The van der Waals surface area contributed by atoms with E-state index < -0.39 is 0 Å². The van der Waals surface area contributed by atoms with Crippen LogP contribution in [0, 0.1) is 0 Å². The van der Waals surface area contributed by atoms with Crippen molar-refractivity contribution in [3.05, 3.63) is 30.3 Å². The number of nitrogens with two attached hydrogens (primary N) is 1. The summed E-state index contributed by atoms with van der Waals surface area (Å²) in [6.45, 7) is 7.40. The molecule has 0 bridgehead atoms. The summed E-state index contributed by atoms with van der Waals surface area (Å²) >= 11 is 0. The molecular weight excluding hydrogens is 310 g/mol. The Morgan fingerprint density at radius 1 is 1.16 bits per heavy atom. The number of hydrogen-bond acceptors (Lipinski definition) is 4. The molecule has 0 amide bonds. The highest BCUT2D eigenvalue weighted by molar-refractivity contribution is 5.21. The highest BCUT2D eigenvalue weighted by atomic mass is 16.5. The average molecular weight is 348 g/mol. The molecule has 25 heavy (non-hydrogen) atoms. The number of piperazine rings is 1. The maximum atomic E-state index is 6.46. The van der Waals surface area contributed by atoms with Gasteiger partial charge in [0.25, 0.3) is 0 Å². The molecule has 2 atom stereocenters. The van der Waals surface area contributed by atoms with E-state index in [2.05, 4.69) is 41.4 Å². The van der Waals surface area contributed by atoms with Crippen molar-refractivity contribution in [2.45, 2.75) is 64.0 Å². The van der Waals surface area contributed by atoms with Crippen LogP contribution in [0.5, 0.6) is 5.75 Å². The van der Waals surface area contributed by atoms with Gasteiger partial charge in [0.1, 0.15) is 11.9 Å². The Balaban J connectivity index is 1.99. The second-order valence-corrected chi connectivity index (χ2v) is 7.12. The molecule has 3 N–H and O–H groups in total. The summed E-state index contributed by atoms with van der Waals surface area (Å²) in [5.74, 6) is 0.996. The molecule has 1 saturated heterocycles. The summed E-state index contributed by atoms with van der Waals surface area (Å²) in [6.07, 6.45) is 8.83. The van der Waals surface area contributed by atoms with Gasteiger partial charge in [-0.1, -0.05) is 44.4 Å². The Bertz CT molecular complexity index is 440. The smallest absolute Gasteiger partial charge is 0.119 e. The second kappa shape index (κ2) is 12.3. The quantitative estimate of drug-likeness (QED) is 0.569. The summed E-state index contributed by atoms with van der Waals surface area (Å²) < 4.78 is 6.46. The number of ether oxygens (including phenoxy) is 1. The fourth-order valence-corrected chi connectivity index (χ4v) is 3.65. The molecule has 0 saturated carbocycles. The molecule has 0 aliphatic carbocycles. The molecule has 4 heteroatoms. The van der Waals surface area contributed by atoms with Crippen LogP contribution in [0.15, 0.2) is 30.3 Å². The highest BCUT2D eigenvalue weighted by Gasteiger charge is 2.30. The van der Waals surface area contributed by atoms with Crippen LogP contribution in [-0.2, 0) is 0 Å². The van der Waals surface area contributed by atoms with Crippen molar-refractivity contribution in [2.24, 2.45) is 5.73 Å². The van der Waals surface area contributed by atoms with Gasteiger partial charge in [0.15, 0.2) is 0 Å². The molecule has 0 radical (unpaired) electrons. The lowest BCUT2D eigenvalue weighted by Gasteiger charge is -2.40. The van der Waals surface area contributed by atoms with Crippen molar-refractivity contribution in [2.75, 3.05) is 32.7 Å². The third-order valence-electron chi connectivity index (χ3n) is 5.10. The van der Waals surface area contributed by atoms with E-state index in [0.717, 1.165) is 51.3 Å². The van der Waals surface area contributed by atoms with E-state index in [1.807, 2.05) is 6.07 Å². The third-order valence-corrected chi connectivity index (χ3v) is 5.10. The average Bonchev–Trinajstić information content (AvgIpc) is 2.66. The van der Waals surface area contributed by atoms with Gasteiger partial charge < -0.3 is 15.8 Å². The number of nitrogens with one attached hydrogen (secondary N) is 1. The monoisotopic (exact) mass is 347 g/mol. The molecule has 1 fully saturated rings. The van der Waals surface area contributed by atoms with E-state index in [4.69, 9.17) is 10.5 Å². The van der Waals surface area contributed by atoms with E-state index in [0.29, 0.717) is 6.04 Å². The third kappa shape index (κ3) is 7.35. The standard InChI is InChI=1S/C21H37N3O/c1-2-3-4-8-13-21(25-19-11-6-5-7-12-19)20-18-23-15-17-24(20)16-10-9-14-22/h5-7,11-12,20-21,23H,2-4,8-10,13-18,22H2,1H3. The van der Waals surface area contributed by atoms with E-state index in [1.165, 1.54) is 32.1 Å². The summed E-state index contributed by atoms with van der Waals surface area (Å²) in [7, 11) is 0. The van der Waals surface area contributed by atoms with Crippen LogP contribution in [0.1, 0.15) is 51.9 Å². The topological polar surface area (TPSA) is 50.5 Å². The van der Waals surface area contributed by atoms with E-state index in [1.54, 1.807) is 0 Å². The molecule has 1 aromatic carbocycles. The summed E-state index contributed by atoms with van der Waals surface area (Å²) in [4.78, 5) is 2.62. The van der Waals surface area contributed by atoms with Gasteiger partial charge in [0.05, 0.1) is 6.04 Å². The SMILES string of the molecule is CCCCCCC(Oc1ccccc1)C1CNCCN1CCCCN. The number of para-hydroxylation sites is 1. The van der Waals surface area contributed by atoms with Gasteiger partial charge in [0.2, 0.25) is 0 Å². The fraction of sp³-hybridized carbons (Fsp3) is 0.714. The number of unbranched alkanes of at least 4 members (excludes halogenated alkanes) is 4. The van der Waals surface area contributed by atoms with Gasteiger partial charge in [-0.3, -0.25) is 4.90 Å². The van der Waals surface area contributed by atoms with Crippen LogP contribution in [-0.4, -0.2) is 49.8 Å². The van der Waals surface area contributed by atoms with Crippen LogP contribution < -0.4 is 15.8 Å². The Morgan fingerprint density at radius 2 is 2.00 bits per heavy atom. The minimum Gasteiger partial charge on any atom is -0.489 e. The molecule has 2 unspecified atom stereocenters. The van der Waals surface area contributed by atoms with Gasteiger partial charge in [-0.05, 0) is 50.9 Å². The highest BCUT2D eigenvalue weighted by Crippen LogP contribution is 2.21. The first-order valence-electron chi connectivity index (χ1n) is 10.2. The predicted molar refractivity (Wildman–Crippen MR) is 106 cm³/mol. The number of hydrogen-bond donors (Lipinski definition) is 2. The first kappa shape index (κ1) is 20.2. The van der Waals surface area contributed by atoms with Crippen molar-refractivity contribution in [3.8, 4) is 5.75 Å². The Kier molecular flexibility index (Phi) is 9.93. The molecular formula is C21H37N3O. The van der Waals surface area contributed by atoms with Crippen molar-refractivity contribution in [3.63, 3.8) is 0 Å². The maximum absolute atomic E-state index is 6.46. The van der Waals surface area contributed by atoms with Crippen LogP contribution in [0.3, 0.4) is 0 Å². The Labute approximate surface area is 154 Å². The van der Waals surface area contributed by atoms with E-state index in [9.17, 15) is 0 Å². The number of rotatable bonds is 12. The zero-order valence-corrected chi connectivity index (χ0v) is 16.0. The van der Waals surface area contributed by atoms with Crippen LogP contribution in [0.25, 0.3) is 0 Å². The summed E-state index contributed by atoms with van der Waals surface area (Å²) in [5.41, 5.74) is 5.68. The van der Waals surface area contributed by atoms with Gasteiger partial charge >= 0.3 is 0 Å². The normalized spacial score (nSPS) is 19.7. The zero-order chi connectivity index (χ0) is 17.7. The maximum Gasteiger partial charge on any atom is 0.119 e. The Morgan fingerprint density at radius 3 is 2.76 bits per heavy atom. The predicted octanol–water partition coefficient (Wildman–Crippen LogP) is 3.42. The molecule has 1 heterocycles. The molecule has 0 aromatic heterocycles. The van der Waals surface area contributed by atoms with Crippen molar-refractivity contribution in [1.82, 2.24) is 10.2 Å². The van der Waals surface area contributed by atoms with E-state index >= 15 is 0 Å². The molecule has 1 aliphatic rings. The molecule has 142 valence electrons. The van der Waals surface area contributed by atoms with Crippen molar-refractivity contribution >= 4 is 0 Å². The molecule has 1 aliphatic heterocycles. The molecule has 2 rings (SSSR count). The van der Waals surface area contributed by atoms with Crippen LogP contribution >= 0.6 is 0 Å². The molecule has 0 spiro atoms. The molecule has 1 aromatic rings. The zero-order valence-electron chi connectivity index (χ0n) is 16.0. The number of benzene rings is 1. The first-order valence-corrected chi connectivity index (χ1v) is 10.2. The second-order valence-electron chi connectivity index (χ2n) is 7.12. The van der Waals surface area contributed by atoms with Crippen LogP contribution in [0.2, 0.25) is 0 Å². The van der Waals surface area contributed by atoms with Gasteiger partial charge in [0, 0.05) is 19.6 Å². The van der Waals surface area contributed by atoms with Gasteiger partial charge in [-0.2, -0.15) is 0 Å². The fourth-order valence-electron chi connectivity index (χ4n) is 3.65. The van der Waals surface area contributed by atoms with Crippen LogP contribution in [0.4, 0.5) is 0 Å². The van der Waals surface area contributed by atoms with Crippen molar-refractivity contribution in [1.29, 1.82) is 0 Å². The van der Waals surface area contributed by atoms with Crippen molar-refractivity contribution < 1.29 is 4.74 Å². The minimum atomic E-state index is 0.255. The summed E-state index contributed by atoms with van der Waals surface area (Å²) in [5, 5.41) is 3.58. The number of nitrogens with zero attached hydrogens (tertiary/aromatic N) is 1. The largest absolute Gasteiger partial charge is 0.489 e. The van der Waals surface area contributed by atoms with Gasteiger partial charge in [-0.15, -0.1) is 0 Å². The van der Waals surface area contributed by atoms with E-state index in [-0.39, 0.29) is 6.10 Å². The lowest BCUT2D eigenvalue weighted by atomic mass is 9.99. The summed E-state index contributed by atoms with van der Waals surface area (Å²) in [6, 6.07) is 10.8. The molecule has 4 nitrogen and oxygen atoms in total. The lowest BCUT2D eigenvalue weighted by molar-refractivity contribution is 0.0425.